The van der Waals surface area contributed by atoms with Gasteiger partial charge in [-0.2, -0.15) is 0 Å². The van der Waals surface area contributed by atoms with E-state index in [1.165, 1.54) is 0 Å². The van der Waals surface area contributed by atoms with E-state index in [4.69, 9.17) is 9.82 Å². The summed E-state index contributed by atoms with van der Waals surface area (Å²) in [6.07, 6.45) is 8.91. The molecule has 4 heterocycles. The van der Waals surface area contributed by atoms with E-state index >= 15 is 0 Å². The maximum absolute atomic E-state index is 5.41. The SMILES string of the molecule is CCCO/N=C1\CCN(C)c2ncc(-c3cnc(-c4cccnc4)s3)nc21. The topological polar surface area (TPSA) is 76.4 Å². The van der Waals surface area contributed by atoms with Gasteiger partial charge >= 0.3 is 0 Å². The Bertz CT molecular complexity index is 956. The molecule has 7 nitrogen and oxygen atoms in total. The lowest BCUT2D eigenvalue weighted by Gasteiger charge is -2.26. The summed E-state index contributed by atoms with van der Waals surface area (Å²) in [6.45, 7) is 3.51. The van der Waals surface area contributed by atoms with Crippen LogP contribution in [-0.4, -0.2) is 45.8 Å². The zero-order valence-corrected chi connectivity index (χ0v) is 16.1. The Morgan fingerprint density at radius 3 is 3.00 bits per heavy atom. The van der Waals surface area contributed by atoms with Gasteiger partial charge in [-0.05, 0) is 18.6 Å². The Labute approximate surface area is 161 Å². The molecule has 0 spiro atoms. The van der Waals surface area contributed by atoms with Crippen LogP contribution in [0.4, 0.5) is 5.82 Å². The fraction of sp³-hybridized carbons (Fsp3) is 0.316. The van der Waals surface area contributed by atoms with E-state index in [9.17, 15) is 0 Å². The van der Waals surface area contributed by atoms with Crippen LogP contribution >= 0.6 is 11.3 Å². The number of hydrogen-bond donors (Lipinski definition) is 0. The molecule has 0 bridgehead atoms. The van der Waals surface area contributed by atoms with Crippen molar-refractivity contribution in [2.45, 2.75) is 19.8 Å². The number of anilines is 1. The van der Waals surface area contributed by atoms with Crippen LogP contribution in [0.5, 0.6) is 0 Å². The maximum atomic E-state index is 5.41. The number of thiazole rings is 1. The summed E-state index contributed by atoms with van der Waals surface area (Å²) in [5.41, 5.74) is 3.42. The number of rotatable bonds is 5. The van der Waals surface area contributed by atoms with Gasteiger partial charge in [0.1, 0.15) is 28.7 Å². The highest BCUT2D eigenvalue weighted by Crippen LogP contribution is 2.32. The van der Waals surface area contributed by atoms with Crippen molar-refractivity contribution in [3.8, 4) is 21.1 Å². The Morgan fingerprint density at radius 1 is 1.26 bits per heavy atom. The molecule has 8 heteroatoms. The van der Waals surface area contributed by atoms with Gasteiger partial charge in [-0.25, -0.2) is 15.0 Å². The summed E-state index contributed by atoms with van der Waals surface area (Å²) in [5.74, 6) is 0.834. The first-order valence-corrected chi connectivity index (χ1v) is 9.72. The maximum Gasteiger partial charge on any atom is 0.156 e. The fourth-order valence-corrected chi connectivity index (χ4v) is 3.65. The standard InChI is InChI=1S/C19H20N6OS/c1-3-9-26-24-14-6-8-25(2)18-17(14)23-15(11-21-18)16-12-22-19(27-16)13-5-4-7-20-10-13/h4-5,7,10-12H,3,6,8-9H2,1-2H3/b24-14+. The van der Waals surface area contributed by atoms with Crippen LogP contribution in [-0.2, 0) is 4.84 Å². The molecule has 0 saturated carbocycles. The number of fused-ring (bicyclic) bond motifs is 1. The lowest BCUT2D eigenvalue weighted by molar-refractivity contribution is 0.144. The minimum atomic E-state index is 0.602. The average Bonchev–Trinajstić information content (AvgIpc) is 3.21. The van der Waals surface area contributed by atoms with Crippen LogP contribution in [0.15, 0.2) is 42.1 Å². The van der Waals surface area contributed by atoms with Gasteiger partial charge < -0.3 is 9.74 Å². The van der Waals surface area contributed by atoms with Crippen LogP contribution in [0.25, 0.3) is 21.1 Å². The quantitative estimate of drug-likeness (QED) is 0.497. The smallest absolute Gasteiger partial charge is 0.156 e. The van der Waals surface area contributed by atoms with E-state index in [0.29, 0.717) is 6.61 Å². The van der Waals surface area contributed by atoms with Crippen molar-refractivity contribution < 1.29 is 4.84 Å². The lowest BCUT2D eigenvalue weighted by Crippen LogP contribution is -2.30. The molecular weight excluding hydrogens is 360 g/mol. The summed E-state index contributed by atoms with van der Waals surface area (Å²) < 4.78 is 0. The third-order valence-corrected chi connectivity index (χ3v) is 5.28. The van der Waals surface area contributed by atoms with Crippen molar-refractivity contribution in [1.29, 1.82) is 0 Å². The summed E-state index contributed by atoms with van der Waals surface area (Å²) in [4.78, 5) is 26.6. The molecule has 1 aliphatic rings. The van der Waals surface area contributed by atoms with Gasteiger partial charge in [-0.1, -0.05) is 12.1 Å². The zero-order valence-electron chi connectivity index (χ0n) is 15.3. The highest BCUT2D eigenvalue weighted by Gasteiger charge is 2.24. The molecule has 4 rings (SSSR count). The average molecular weight is 380 g/mol. The Morgan fingerprint density at radius 2 is 2.19 bits per heavy atom. The van der Waals surface area contributed by atoms with Crippen LogP contribution in [0.3, 0.4) is 0 Å². The van der Waals surface area contributed by atoms with E-state index in [2.05, 4.69) is 31.9 Å². The molecule has 0 saturated heterocycles. The van der Waals surface area contributed by atoms with Gasteiger partial charge in [-0.3, -0.25) is 4.98 Å². The number of aromatic nitrogens is 4. The molecule has 0 amide bonds. The Kier molecular flexibility index (Phi) is 5.06. The Hall–Kier alpha value is -2.87. The normalized spacial score (nSPS) is 15.0. The first kappa shape index (κ1) is 17.5. The molecular formula is C19H20N6OS. The molecule has 0 unspecified atom stereocenters. The molecule has 3 aromatic rings. The molecule has 0 aliphatic carbocycles. The number of hydrogen-bond acceptors (Lipinski definition) is 8. The van der Waals surface area contributed by atoms with Gasteiger partial charge in [0, 0.05) is 44.2 Å². The second-order valence-corrected chi connectivity index (χ2v) is 7.27. The summed E-state index contributed by atoms with van der Waals surface area (Å²) in [7, 11) is 2.02. The minimum absolute atomic E-state index is 0.602. The first-order chi connectivity index (χ1) is 13.3. The predicted molar refractivity (Wildman–Crippen MR) is 107 cm³/mol. The van der Waals surface area contributed by atoms with Gasteiger partial charge in [-0.15, -0.1) is 11.3 Å². The van der Waals surface area contributed by atoms with Crippen molar-refractivity contribution in [1.82, 2.24) is 19.9 Å². The van der Waals surface area contributed by atoms with E-state index in [1.54, 1.807) is 23.7 Å². The van der Waals surface area contributed by atoms with Gasteiger partial charge in [0.25, 0.3) is 0 Å². The van der Waals surface area contributed by atoms with E-state index in [1.807, 2.05) is 31.6 Å². The van der Waals surface area contributed by atoms with Crippen molar-refractivity contribution in [3.63, 3.8) is 0 Å². The minimum Gasteiger partial charge on any atom is -0.396 e. The van der Waals surface area contributed by atoms with Gasteiger partial charge in [0.15, 0.2) is 5.82 Å². The number of pyridine rings is 1. The number of nitrogens with zero attached hydrogens (tertiary/aromatic N) is 6. The largest absolute Gasteiger partial charge is 0.396 e. The van der Waals surface area contributed by atoms with Crippen molar-refractivity contribution in [2.75, 3.05) is 25.1 Å². The van der Waals surface area contributed by atoms with E-state index in [0.717, 1.165) is 57.8 Å². The summed E-state index contributed by atoms with van der Waals surface area (Å²) in [5, 5.41) is 5.22. The van der Waals surface area contributed by atoms with Gasteiger partial charge in [0.05, 0.1) is 11.1 Å². The molecule has 0 radical (unpaired) electrons. The number of oxime groups is 1. The second-order valence-electron chi connectivity index (χ2n) is 6.24. The summed E-state index contributed by atoms with van der Waals surface area (Å²) in [6, 6.07) is 3.91. The fourth-order valence-electron chi connectivity index (χ4n) is 2.79. The van der Waals surface area contributed by atoms with Crippen LogP contribution in [0, 0.1) is 0 Å². The zero-order chi connectivity index (χ0) is 18.6. The van der Waals surface area contributed by atoms with Crippen LogP contribution < -0.4 is 4.90 Å². The molecule has 0 fully saturated rings. The van der Waals surface area contributed by atoms with E-state index in [-0.39, 0.29) is 0 Å². The highest BCUT2D eigenvalue weighted by atomic mass is 32.1. The van der Waals surface area contributed by atoms with E-state index < -0.39 is 0 Å². The van der Waals surface area contributed by atoms with Crippen molar-refractivity contribution in [2.24, 2.45) is 5.16 Å². The molecule has 3 aromatic heterocycles. The molecule has 0 aromatic carbocycles. The molecule has 0 N–H and O–H groups in total. The molecule has 0 atom stereocenters. The highest BCUT2D eigenvalue weighted by molar-refractivity contribution is 7.18. The monoisotopic (exact) mass is 380 g/mol. The molecule has 138 valence electrons. The first-order valence-electron chi connectivity index (χ1n) is 8.90. The van der Waals surface area contributed by atoms with Crippen LogP contribution in [0.1, 0.15) is 25.5 Å². The lowest BCUT2D eigenvalue weighted by atomic mass is 10.1. The predicted octanol–water partition coefficient (Wildman–Crippen LogP) is 3.63. The molecule has 1 aliphatic heterocycles. The third-order valence-electron chi connectivity index (χ3n) is 4.21. The summed E-state index contributed by atoms with van der Waals surface area (Å²) >= 11 is 1.57. The van der Waals surface area contributed by atoms with Crippen molar-refractivity contribution >= 4 is 22.9 Å². The third kappa shape index (κ3) is 3.66. The van der Waals surface area contributed by atoms with Crippen LogP contribution in [0.2, 0.25) is 0 Å². The second kappa shape index (κ2) is 7.79. The Balaban J connectivity index is 1.68. The van der Waals surface area contributed by atoms with Crippen molar-refractivity contribution in [3.05, 3.63) is 42.6 Å². The van der Waals surface area contributed by atoms with Gasteiger partial charge in [0.2, 0.25) is 0 Å². The molecule has 27 heavy (non-hydrogen) atoms.